The largest absolute Gasteiger partial charge is 0.469 e. The normalized spacial score (nSPS) is 9.81. The standard InChI is InChI=1S/C9H10N2O5/c1-16-9(13)3-5-10-4-2-8(12)7(6-10)11(14)15/h2,4,6H,3,5H2,1H3. The predicted octanol–water partition coefficient (Wildman–Crippen LogP) is 0.320. The molecule has 16 heavy (non-hydrogen) atoms. The molecule has 7 heteroatoms. The van der Waals surface area contributed by atoms with Gasteiger partial charge < -0.3 is 9.30 Å². The molecule has 0 saturated heterocycles. The molecule has 0 atom stereocenters. The Morgan fingerprint density at radius 3 is 2.88 bits per heavy atom. The van der Waals surface area contributed by atoms with Gasteiger partial charge in [-0.3, -0.25) is 19.7 Å². The Balaban J connectivity index is 2.83. The molecule has 1 aromatic rings. The van der Waals surface area contributed by atoms with Crippen LogP contribution < -0.4 is 5.43 Å². The molecule has 0 aromatic carbocycles. The lowest BCUT2D eigenvalue weighted by molar-refractivity contribution is -0.386. The Kier molecular flexibility index (Phi) is 3.76. The van der Waals surface area contributed by atoms with E-state index in [-0.39, 0.29) is 13.0 Å². The fourth-order valence-corrected chi connectivity index (χ4v) is 1.11. The third kappa shape index (κ3) is 2.91. The van der Waals surface area contributed by atoms with E-state index in [1.54, 1.807) is 0 Å². The zero-order valence-corrected chi connectivity index (χ0v) is 8.58. The number of rotatable bonds is 4. The molecule has 0 saturated carbocycles. The summed E-state index contributed by atoms with van der Waals surface area (Å²) in [5.41, 5.74) is -1.16. The van der Waals surface area contributed by atoms with Crippen LogP contribution in [0.25, 0.3) is 0 Å². The van der Waals surface area contributed by atoms with E-state index in [9.17, 15) is 19.7 Å². The van der Waals surface area contributed by atoms with E-state index in [4.69, 9.17) is 0 Å². The molecule has 0 unspecified atom stereocenters. The Morgan fingerprint density at radius 2 is 2.31 bits per heavy atom. The van der Waals surface area contributed by atoms with Crippen LogP contribution in [0.5, 0.6) is 0 Å². The number of hydrogen-bond acceptors (Lipinski definition) is 5. The number of hydrogen-bond donors (Lipinski definition) is 0. The van der Waals surface area contributed by atoms with Crippen molar-refractivity contribution in [3.63, 3.8) is 0 Å². The fourth-order valence-electron chi connectivity index (χ4n) is 1.11. The molecule has 1 rings (SSSR count). The highest BCUT2D eigenvalue weighted by Crippen LogP contribution is 2.03. The highest BCUT2D eigenvalue weighted by atomic mass is 16.6. The maximum atomic E-state index is 11.1. The van der Waals surface area contributed by atoms with E-state index in [0.29, 0.717) is 0 Å². The number of carbonyl (C=O) groups is 1. The van der Waals surface area contributed by atoms with Crippen molar-refractivity contribution in [3.05, 3.63) is 38.8 Å². The van der Waals surface area contributed by atoms with Crippen LogP contribution in [0.1, 0.15) is 6.42 Å². The van der Waals surface area contributed by atoms with Crippen LogP contribution in [0.3, 0.4) is 0 Å². The van der Waals surface area contributed by atoms with E-state index in [2.05, 4.69) is 4.74 Å². The SMILES string of the molecule is COC(=O)CCn1ccc(=O)c([N+](=O)[O-])c1. The smallest absolute Gasteiger partial charge is 0.332 e. The van der Waals surface area contributed by atoms with Gasteiger partial charge in [-0.15, -0.1) is 0 Å². The summed E-state index contributed by atoms with van der Waals surface area (Å²) in [5, 5.41) is 10.5. The van der Waals surface area contributed by atoms with Gasteiger partial charge in [-0.2, -0.15) is 0 Å². The van der Waals surface area contributed by atoms with Crippen LogP contribution in [-0.4, -0.2) is 22.6 Å². The van der Waals surface area contributed by atoms with Gasteiger partial charge in [0.05, 0.1) is 24.7 Å². The van der Waals surface area contributed by atoms with E-state index in [0.717, 1.165) is 12.3 Å². The quantitative estimate of drug-likeness (QED) is 0.419. The first-order valence-electron chi connectivity index (χ1n) is 4.46. The first-order chi connectivity index (χ1) is 7.54. The summed E-state index contributed by atoms with van der Waals surface area (Å²) in [6, 6.07) is 1.09. The summed E-state index contributed by atoms with van der Waals surface area (Å²) in [7, 11) is 1.26. The molecule has 0 bridgehead atoms. The number of nitro groups is 1. The number of aryl methyl sites for hydroxylation is 1. The van der Waals surface area contributed by atoms with E-state index >= 15 is 0 Å². The van der Waals surface area contributed by atoms with Gasteiger partial charge in [0.2, 0.25) is 0 Å². The lowest BCUT2D eigenvalue weighted by Gasteiger charge is -2.04. The van der Waals surface area contributed by atoms with Crippen LogP contribution in [0.2, 0.25) is 0 Å². The third-order valence-corrected chi connectivity index (χ3v) is 1.96. The average molecular weight is 226 g/mol. The number of nitrogens with zero attached hydrogens (tertiary/aromatic N) is 2. The van der Waals surface area contributed by atoms with Crippen molar-refractivity contribution in [3.8, 4) is 0 Å². The Hall–Kier alpha value is -2.18. The highest BCUT2D eigenvalue weighted by molar-refractivity contribution is 5.68. The second-order valence-corrected chi connectivity index (χ2v) is 3.02. The number of esters is 1. The van der Waals surface area contributed by atoms with Crippen molar-refractivity contribution in [1.82, 2.24) is 4.57 Å². The van der Waals surface area contributed by atoms with Crippen molar-refractivity contribution >= 4 is 11.7 Å². The summed E-state index contributed by atoms with van der Waals surface area (Å²) in [5.74, 6) is -0.415. The maximum Gasteiger partial charge on any atom is 0.332 e. The van der Waals surface area contributed by atoms with Crippen molar-refractivity contribution in [1.29, 1.82) is 0 Å². The van der Waals surface area contributed by atoms with Gasteiger partial charge in [0.25, 0.3) is 5.43 Å². The lowest BCUT2D eigenvalue weighted by Crippen LogP contribution is -2.12. The Morgan fingerprint density at radius 1 is 1.62 bits per heavy atom. The number of ether oxygens (including phenoxy) is 1. The molecule has 0 aliphatic carbocycles. The van der Waals surface area contributed by atoms with Crippen molar-refractivity contribution < 1.29 is 14.5 Å². The van der Waals surface area contributed by atoms with Crippen molar-refractivity contribution in [2.75, 3.05) is 7.11 Å². The molecule has 1 heterocycles. The van der Waals surface area contributed by atoms with Crippen LogP contribution in [-0.2, 0) is 16.1 Å². The number of carbonyl (C=O) groups excluding carboxylic acids is 1. The maximum absolute atomic E-state index is 11.1. The summed E-state index contributed by atoms with van der Waals surface area (Å²) in [6.07, 6.45) is 2.58. The average Bonchev–Trinajstić information content (AvgIpc) is 2.27. The highest BCUT2D eigenvalue weighted by Gasteiger charge is 2.11. The molecule has 86 valence electrons. The van der Waals surface area contributed by atoms with Crippen LogP contribution in [0.15, 0.2) is 23.3 Å². The van der Waals surface area contributed by atoms with Gasteiger partial charge in [-0.05, 0) is 0 Å². The van der Waals surface area contributed by atoms with Crippen LogP contribution in [0, 0.1) is 10.1 Å². The molecule has 0 aliphatic heterocycles. The minimum atomic E-state index is -0.753. The van der Waals surface area contributed by atoms with Crippen molar-refractivity contribution in [2.24, 2.45) is 0 Å². The topological polar surface area (TPSA) is 91.4 Å². The molecule has 0 N–H and O–H groups in total. The van der Waals surface area contributed by atoms with E-state index in [1.165, 1.54) is 17.9 Å². The number of aromatic nitrogens is 1. The van der Waals surface area contributed by atoms with Crippen LogP contribution >= 0.6 is 0 Å². The number of pyridine rings is 1. The molecule has 0 spiro atoms. The van der Waals surface area contributed by atoms with Crippen LogP contribution in [0.4, 0.5) is 5.69 Å². The zero-order valence-electron chi connectivity index (χ0n) is 8.58. The van der Waals surface area contributed by atoms with Crippen molar-refractivity contribution in [2.45, 2.75) is 13.0 Å². The van der Waals surface area contributed by atoms with Gasteiger partial charge in [0, 0.05) is 18.8 Å². The lowest BCUT2D eigenvalue weighted by atomic mass is 10.3. The Labute approximate surface area is 90.4 Å². The van der Waals surface area contributed by atoms with Gasteiger partial charge in [0.1, 0.15) is 0 Å². The second-order valence-electron chi connectivity index (χ2n) is 3.02. The van der Waals surface area contributed by atoms with E-state index in [1.807, 2.05) is 0 Å². The molecule has 0 aliphatic rings. The first-order valence-corrected chi connectivity index (χ1v) is 4.46. The molecular weight excluding hydrogens is 216 g/mol. The molecule has 0 radical (unpaired) electrons. The van der Waals surface area contributed by atoms with Gasteiger partial charge in [-0.1, -0.05) is 0 Å². The first kappa shape index (κ1) is 11.9. The van der Waals surface area contributed by atoms with E-state index < -0.39 is 22.0 Å². The molecular formula is C9H10N2O5. The fraction of sp³-hybridized carbons (Fsp3) is 0.333. The second kappa shape index (κ2) is 5.06. The molecule has 0 amide bonds. The summed E-state index contributed by atoms with van der Waals surface area (Å²) < 4.78 is 5.82. The summed E-state index contributed by atoms with van der Waals surface area (Å²) in [6.45, 7) is 0.230. The zero-order chi connectivity index (χ0) is 12.1. The van der Waals surface area contributed by atoms with Gasteiger partial charge in [0.15, 0.2) is 0 Å². The van der Waals surface area contributed by atoms with Gasteiger partial charge in [-0.25, -0.2) is 0 Å². The minimum absolute atomic E-state index is 0.0938. The number of methoxy groups -OCH3 is 1. The molecule has 0 fully saturated rings. The monoisotopic (exact) mass is 226 g/mol. The molecule has 1 aromatic heterocycles. The summed E-state index contributed by atoms with van der Waals surface area (Å²) in [4.78, 5) is 31.6. The third-order valence-electron chi connectivity index (χ3n) is 1.96. The molecule has 7 nitrogen and oxygen atoms in total. The Bertz CT molecular complexity index is 465. The summed E-state index contributed by atoms with van der Waals surface area (Å²) >= 11 is 0. The predicted molar refractivity (Wildman–Crippen MR) is 54.0 cm³/mol. The minimum Gasteiger partial charge on any atom is -0.469 e. The van der Waals surface area contributed by atoms with Gasteiger partial charge >= 0.3 is 11.7 Å².